The first-order valence-electron chi connectivity index (χ1n) is 11.9. The molecule has 0 saturated carbocycles. The molecule has 4 rings (SSSR count). The fourth-order valence-corrected chi connectivity index (χ4v) is 4.57. The van der Waals surface area contributed by atoms with Gasteiger partial charge in [0, 0.05) is 31.1 Å². The summed E-state index contributed by atoms with van der Waals surface area (Å²) < 4.78 is 11.4. The molecule has 0 unspecified atom stereocenters. The zero-order valence-electron chi connectivity index (χ0n) is 20.0. The molecular formula is C26H34N4O3. The van der Waals surface area contributed by atoms with Gasteiger partial charge in [-0.1, -0.05) is 26.0 Å². The van der Waals surface area contributed by atoms with Crippen LogP contribution in [0.2, 0.25) is 0 Å². The van der Waals surface area contributed by atoms with Gasteiger partial charge >= 0.3 is 5.97 Å². The fourth-order valence-electron chi connectivity index (χ4n) is 4.57. The molecule has 2 fully saturated rings. The lowest BCUT2D eigenvalue weighted by Crippen LogP contribution is -2.64. The summed E-state index contributed by atoms with van der Waals surface area (Å²) in [6.07, 6.45) is 3.33. The van der Waals surface area contributed by atoms with E-state index in [0.29, 0.717) is 11.5 Å². The highest BCUT2D eigenvalue weighted by molar-refractivity contribution is 6.10. The number of anilines is 3. The molecule has 2 aromatic rings. The summed E-state index contributed by atoms with van der Waals surface area (Å²) in [6, 6.07) is 9.76. The molecule has 176 valence electrons. The number of esters is 1. The van der Waals surface area contributed by atoms with E-state index in [1.54, 1.807) is 13.0 Å². The van der Waals surface area contributed by atoms with Gasteiger partial charge in [-0.05, 0) is 62.8 Å². The average Bonchev–Trinajstić information content (AvgIpc) is 2.77. The van der Waals surface area contributed by atoms with Gasteiger partial charge in [-0.15, -0.1) is 0 Å². The highest BCUT2D eigenvalue weighted by Gasteiger charge is 2.46. The number of pyridine rings is 1. The van der Waals surface area contributed by atoms with Gasteiger partial charge in [-0.2, -0.15) is 0 Å². The Bertz CT molecular complexity index is 1040. The average molecular weight is 451 g/mol. The smallest absolute Gasteiger partial charge is 0.357 e. The number of carbonyl (C=O) groups is 1. The van der Waals surface area contributed by atoms with E-state index < -0.39 is 5.97 Å². The summed E-state index contributed by atoms with van der Waals surface area (Å²) in [5.41, 5.74) is 4.14. The van der Waals surface area contributed by atoms with Crippen molar-refractivity contribution in [2.45, 2.75) is 52.6 Å². The third kappa shape index (κ3) is 4.88. The Balaban J connectivity index is 1.79. The monoisotopic (exact) mass is 450 g/mol. The van der Waals surface area contributed by atoms with E-state index in [9.17, 15) is 4.79 Å². The summed E-state index contributed by atoms with van der Waals surface area (Å²) >= 11 is 0. The molecule has 0 radical (unpaired) electrons. The predicted molar refractivity (Wildman–Crippen MR) is 131 cm³/mol. The third-order valence-electron chi connectivity index (χ3n) is 6.34. The number of hydrogen-bond donors (Lipinski definition) is 2. The fraction of sp³-hybridized carbons (Fsp3) is 0.500. The van der Waals surface area contributed by atoms with Crippen LogP contribution in [0, 0.1) is 18.3 Å². The van der Waals surface area contributed by atoms with Gasteiger partial charge in [0.2, 0.25) is 0 Å². The molecule has 2 saturated heterocycles. The van der Waals surface area contributed by atoms with Crippen LogP contribution in [-0.4, -0.2) is 48.6 Å². The lowest BCUT2D eigenvalue weighted by Gasteiger charge is -2.53. The molecule has 1 spiro atoms. The molecule has 1 aromatic heterocycles. The van der Waals surface area contributed by atoms with Crippen molar-refractivity contribution in [1.29, 1.82) is 5.41 Å². The predicted octanol–water partition coefficient (Wildman–Crippen LogP) is 5.09. The zero-order valence-corrected chi connectivity index (χ0v) is 20.0. The second-order valence-electron chi connectivity index (χ2n) is 9.38. The molecule has 0 amide bonds. The second kappa shape index (κ2) is 9.51. The minimum Gasteiger partial charge on any atom is -0.461 e. The Morgan fingerprint density at radius 3 is 2.73 bits per heavy atom. The molecule has 2 N–H and O–H groups in total. The van der Waals surface area contributed by atoms with Crippen LogP contribution < -0.4 is 10.2 Å². The molecule has 33 heavy (non-hydrogen) atoms. The van der Waals surface area contributed by atoms with Crippen molar-refractivity contribution in [3.63, 3.8) is 0 Å². The topological polar surface area (TPSA) is 87.5 Å². The van der Waals surface area contributed by atoms with Crippen molar-refractivity contribution in [1.82, 2.24) is 4.98 Å². The van der Waals surface area contributed by atoms with Gasteiger partial charge in [-0.3, -0.25) is 0 Å². The highest BCUT2D eigenvalue weighted by Crippen LogP contribution is 2.41. The van der Waals surface area contributed by atoms with Crippen LogP contribution in [0.4, 0.5) is 17.2 Å². The molecule has 1 aromatic carbocycles. The summed E-state index contributed by atoms with van der Waals surface area (Å²) in [5, 5.41) is 12.3. The first-order valence-corrected chi connectivity index (χ1v) is 11.9. The number of rotatable bonds is 7. The minimum absolute atomic E-state index is 0.00165. The molecule has 7 heteroatoms. The standard InChI is InChI=1S/C26H34N4O3/c1-5-32-25(31)20-14-21(30-15-26(16-30)11-6-7-12-33-26)22(23(27)17(2)3)24(29-20)28-19-10-8-9-18(4)13-19/h8-10,13-14,17,27H,5-7,11-12,15-16H2,1-4H3,(H,28,29). The SMILES string of the molecule is CCOC(=O)c1cc(N2CC3(CCCCO3)C2)c(C(=N)C(C)C)c(Nc2cccc(C)c2)n1. The number of hydrogen-bond acceptors (Lipinski definition) is 7. The van der Waals surface area contributed by atoms with Crippen molar-refractivity contribution in [3.05, 3.63) is 47.2 Å². The van der Waals surface area contributed by atoms with Gasteiger partial charge in [-0.25, -0.2) is 9.78 Å². The Kier molecular flexibility index (Phi) is 6.70. The van der Waals surface area contributed by atoms with Crippen molar-refractivity contribution in [2.75, 3.05) is 36.5 Å². The van der Waals surface area contributed by atoms with E-state index >= 15 is 0 Å². The van der Waals surface area contributed by atoms with Gasteiger partial charge in [0.1, 0.15) is 11.4 Å². The maximum atomic E-state index is 12.7. The molecule has 0 atom stereocenters. The maximum absolute atomic E-state index is 12.7. The van der Waals surface area contributed by atoms with Gasteiger partial charge in [0.15, 0.2) is 5.69 Å². The largest absolute Gasteiger partial charge is 0.461 e. The van der Waals surface area contributed by atoms with Crippen molar-refractivity contribution < 1.29 is 14.3 Å². The van der Waals surface area contributed by atoms with Crippen LogP contribution in [0.3, 0.4) is 0 Å². The molecule has 0 bridgehead atoms. The highest BCUT2D eigenvalue weighted by atomic mass is 16.5. The van der Waals surface area contributed by atoms with Crippen molar-refractivity contribution in [2.24, 2.45) is 5.92 Å². The number of aromatic nitrogens is 1. The molecule has 3 heterocycles. The van der Waals surface area contributed by atoms with Crippen LogP contribution in [0.1, 0.15) is 61.6 Å². The normalized spacial score (nSPS) is 17.1. The quantitative estimate of drug-likeness (QED) is 0.451. The lowest BCUT2D eigenvalue weighted by molar-refractivity contribution is -0.0949. The van der Waals surface area contributed by atoms with Crippen LogP contribution in [0.5, 0.6) is 0 Å². The van der Waals surface area contributed by atoms with E-state index in [-0.39, 0.29) is 23.8 Å². The zero-order chi connectivity index (χ0) is 23.6. The second-order valence-corrected chi connectivity index (χ2v) is 9.38. The molecule has 2 aliphatic heterocycles. The summed E-state index contributed by atoms with van der Waals surface area (Å²) in [7, 11) is 0. The first-order chi connectivity index (χ1) is 15.8. The Morgan fingerprint density at radius 1 is 1.30 bits per heavy atom. The summed E-state index contributed by atoms with van der Waals surface area (Å²) in [4.78, 5) is 19.5. The third-order valence-corrected chi connectivity index (χ3v) is 6.34. The molecule has 0 aliphatic carbocycles. The lowest BCUT2D eigenvalue weighted by atomic mass is 9.84. The molecule has 7 nitrogen and oxygen atoms in total. The number of aryl methyl sites for hydroxylation is 1. The van der Waals surface area contributed by atoms with Crippen LogP contribution in [0.25, 0.3) is 0 Å². The van der Waals surface area contributed by atoms with Gasteiger partial charge in [0.05, 0.1) is 17.9 Å². The first kappa shape index (κ1) is 23.2. The van der Waals surface area contributed by atoms with Crippen LogP contribution in [0.15, 0.2) is 30.3 Å². The number of carbonyl (C=O) groups excluding carboxylic acids is 1. The minimum atomic E-state index is -0.460. The van der Waals surface area contributed by atoms with Crippen molar-refractivity contribution >= 4 is 28.9 Å². The molecule has 2 aliphatic rings. The Hall–Kier alpha value is -2.93. The van der Waals surface area contributed by atoms with E-state index in [0.717, 1.165) is 55.0 Å². The van der Waals surface area contributed by atoms with E-state index in [1.807, 2.05) is 45.0 Å². The van der Waals surface area contributed by atoms with Gasteiger partial charge in [0.25, 0.3) is 0 Å². The van der Waals surface area contributed by atoms with E-state index in [4.69, 9.17) is 14.9 Å². The van der Waals surface area contributed by atoms with Crippen LogP contribution in [-0.2, 0) is 9.47 Å². The van der Waals surface area contributed by atoms with Crippen molar-refractivity contribution in [3.8, 4) is 0 Å². The van der Waals surface area contributed by atoms with E-state index in [1.165, 1.54) is 6.42 Å². The Labute approximate surface area is 196 Å². The Morgan fingerprint density at radius 2 is 2.09 bits per heavy atom. The number of benzene rings is 1. The number of nitrogens with zero attached hydrogens (tertiary/aromatic N) is 2. The maximum Gasteiger partial charge on any atom is 0.357 e. The number of nitrogens with one attached hydrogen (secondary N) is 2. The molecular weight excluding hydrogens is 416 g/mol. The van der Waals surface area contributed by atoms with E-state index in [2.05, 4.69) is 15.2 Å². The summed E-state index contributed by atoms with van der Waals surface area (Å²) in [6.45, 7) is 10.4. The van der Waals surface area contributed by atoms with Gasteiger partial charge < -0.3 is 25.1 Å². The number of ether oxygens (including phenoxy) is 2. The summed E-state index contributed by atoms with van der Waals surface area (Å²) in [5.74, 6) is 0.0430. The van der Waals surface area contributed by atoms with Crippen LogP contribution >= 0.6 is 0 Å².